The molecule has 1 saturated heterocycles. The molecule has 202 valence electrons. The summed E-state index contributed by atoms with van der Waals surface area (Å²) in [5.41, 5.74) is 4.18. The molecule has 0 radical (unpaired) electrons. The highest BCUT2D eigenvalue weighted by atomic mass is 16.5. The molecule has 0 aliphatic carbocycles. The summed E-state index contributed by atoms with van der Waals surface area (Å²) in [6.45, 7) is 6.91. The molecule has 2 N–H and O–H groups in total. The minimum Gasteiger partial charge on any atom is -0.497 e. The molecule has 0 bridgehead atoms. The maximum atomic E-state index is 13.5. The number of aromatic nitrogens is 5. The Morgan fingerprint density at radius 1 is 1.15 bits per heavy atom. The number of H-pyrrole nitrogens is 2. The zero-order valence-corrected chi connectivity index (χ0v) is 22.5. The average molecular weight is 528 g/mol. The van der Waals surface area contributed by atoms with E-state index in [0.29, 0.717) is 18.7 Å². The van der Waals surface area contributed by atoms with Gasteiger partial charge >= 0.3 is 5.69 Å². The van der Waals surface area contributed by atoms with Gasteiger partial charge in [0, 0.05) is 72.4 Å². The predicted octanol–water partition coefficient (Wildman–Crippen LogP) is 3.75. The molecule has 1 amide bonds. The molecule has 6 rings (SSSR count). The summed E-state index contributed by atoms with van der Waals surface area (Å²) >= 11 is 0. The van der Waals surface area contributed by atoms with Crippen LogP contribution < -0.4 is 15.3 Å². The molecule has 2 aliphatic rings. The Hall–Kier alpha value is -4.34. The van der Waals surface area contributed by atoms with Gasteiger partial charge in [0.25, 0.3) is 5.91 Å². The third-order valence-electron chi connectivity index (χ3n) is 7.93. The van der Waals surface area contributed by atoms with Gasteiger partial charge in [-0.2, -0.15) is 5.10 Å². The van der Waals surface area contributed by atoms with Gasteiger partial charge < -0.3 is 19.5 Å². The second-order valence-corrected chi connectivity index (χ2v) is 11.0. The van der Waals surface area contributed by atoms with Gasteiger partial charge in [0.05, 0.1) is 19.0 Å². The predicted molar refractivity (Wildman–Crippen MR) is 148 cm³/mol. The summed E-state index contributed by atoms with van der Waals surface area (Å²) in [5.74, 6) is 1.54. The molecule has 0 atom stereocenters. The lowest BCUT2D eigenvalue weighted by Gasteiger charge is -2.37. The highest BCUT2D eigenvalue weighted by molar-refractivity contribution is 5.95. The number of methoxy groups -OCH3 is 1. The number of carbonyl (C=O) groups excluding carboxylic acids is 1. The Balaban J connectivity index is 1.14. The number of fused-ring (bicyclic) bond motifs is 1. The average Bonchev–Trinajstić information content (AvgIpc) is 3.60. The molecule has 3 aromatic heterocycles. The van der Waals surface area contributed by atoms with Gasteiger partial charge in [0.15, 0.2) is 0 Å². The lowest BCUT2D eigenvalue weighted by Crippen LogP contribution is -2.45. The summed E-state index contributed by atoms with van der Waals surface area (Å²) < 4.78 is 7.13. The molecule has 0 saturated carbocycles. The number of nitrogens with zero attached hydrogens (tertiary/aromatic N) is 5. The Kier molecular flexibility index (Phi) is 6.25. The molecule has 2 aliphatic heterocycles. The number of piperidine rings is 1. The lowest BCUT2D eigenvalue weighted by atomic mass is 9.83. The van der Waals surface area contributed by atoms with Crippen molar-refractivity contribution in [3.05, 3.63) is 82.3 Å². The number of hydrogen-bond donors (Lipinski definition) is 2. The second-order valence-electron chi connectivity index (χ2n) is 11.0. The van der Waals surface area contributed by atoms with Crippen molar-refractivity contribution >= 4 is 11.7 Å². The van der Waals surface area contributed by atoms with Gasteiger partial charge in [-0.05, 0) is 37.1 Å². The van der Waals surface area contributed by atoms with E-state index >= 15 is 0 Å². The van der Waals surface area contributed by atoms with Crippen molar-refractivity contribution in [2.45, 2.75) is 44.7 Å². The zero-order valence-electron chi connectivity index (χ0n) is 22.5. The van der Waals surface area contributed by atoms with Crippen LogP contribution in [0.5, 0.6) is 5.75 Å². The highest BCUT2D eigenvalue weighted by Gasteiger charge is 2.36. The fraction of sp³-hybridized carbons (Fsp3) is 0.379. The molecule has 0 unspecified atom stereocenters. The van der Waals surface area contributed by atoms with E-state index in [1.807, 2.05) is 52.2 Å². The molecule has 1 aromatic carbocycles. The standard InChI is InChI=1S/C29H33N7O3/c1-29(2)18-35(16-21-15-31-33-26(21)29)27(37)20-7-10-30-25(14-20)34-11-8-22(9-12-34)36-17-24(32-28(36)38)19-5-4-6-23(13-19)39-3/h4-7,10,13-15,17,22H,8-9,11-12,16,18H2,1-3H3,(H,31,33)(H,32,38). The van der Waals surface area contributed by atoms with Crippen LogP contribution in [-0.2, 0) is 12.0 Å². The zero-order chi connectivity index (χ0) is 27.1. The van der Waals surface area contributed by atoms with Crippen LogP contribution in [0.1, 0.15) is 54.3 Å². The van der Waals surface area contributed by atoms with E-state index in [9.17, 15) is 9.59 Å². The quantitative estimate of drug-likeness (QED) is 0.409. The Morgan fingerprint density at radius 3 is 2.77 bits per heavy atom. The van der Waals surface area contributed by atoms with Crippen molar-refractivity contribution < 1.29 is 9.53 Å². The van der Waals surface area contributed by atoms with Gasteiger partial charge in [-0.25, -0.2) is 9.78 Å². The lowest BCUT2D eigenvalue weighted by molar-refractivity contribution is 0.0684. The number of nitrogens with one attached hydrogen (secondary N) is 2. The van der Waals surface area contributed by atoms with E-state index in [2.05, 4.69) is 38.9 Å². The Morgan fingerprint density at radius 2 is 1.97 bits per heavy atom. The molecule has 0 spiro atoms. The first kappa shape index (κ1) is 25.0. The van der Waals surface area contributed by atoms with Gasteiger partial charge in [0.2, 0.25) is 0 Å². The van der Waals surface area contributed by atoms with Crippen LogP contribution in [0, 0.1) is 0 Å². The van der Waals surface area contributed by atoms with Gasteiger partial charge in [-0.1, -0.05) is 26.0 Å². The fourth-order valence-corrected chi connectivity index (χ4v) is 5.88. The van der Waals surface area contributed by atoms with E-state index in [1.165, 1.54) is 0 Å². The number of amides is 1. The number of imidazole rings is 1. The van der Waals surface area contributed by atoms with Gasteiger partial charge in [-0.15, -0.1) is 0 Å². The van der Waals surface area contributed by atoms with Crippen molar-refractivity contribution in [3.63, 3.8) is 0 Å². The third kappa shape index (κ3) is 4.71. The van der Waals surface area contributed by atoms with Crippen molar-refractivity contribution in [2.75, 3.05) is 31.6 Å². The molecule has 39 heavy (non-hydrogen) atoms. The van der Waals surface area contributed by atoms with Crippen LogP contribution in [-0.4, -0.2) is 62.3 Å². The number of benzene rings is 1. The molecular weight excluding hydrogens is 494 g/mol. The third-order valence-corrected chi connectivity index (χ3v) is 7.93. The van der Waals surface area contributed by atoms with E-state index in [-0.39, 0.29) is 23.1 Å². The molecule has 10 heteroatoms. The molecule has 1 fully saturated rings. The molecule has 4 aromatic rings. The molecular formula is C29H33N7O3. The number of aromatic amines is 2. The monoisotopic (exact) mass is 527 g/mol. The maximum absolute atomic E-state index is 13.5. The van der Waals surface area contributed by atoms with Crippen molar-refractivity contribution in [1.29, 1.82) is 0 Å². The number of pyridine rings is 1. The van der Waals surface area contributed by atoms with Crippen molar-refractivity contribution in [1.82, 2.24) is 29.6 Å². The molecule has 5 heterocycles. The van der Waals surface area contributed by atoms with Crippen LogP contribution in [0.4, 0.5) is 5.82 Å². The summed E-state index contributed by atoms with van der Waals surface area (Å²) in [6, 6.07) is 11.4. The summed E-state index contributed by atoms with van der Waals surface area (Å²) in [6.07, 6.45) is 7.04. The van der Waals surface area contributed by atoms with Crippen LogP contribution in [0.3, 0.4) is 0 Å². The summed E-state index contributed by atoms with van der Waals surface area (Å²) in [4.78, 5) is 37.9. The summed E-state index contributed by atoms with van der Waals surface area (Å²) in [5, 5.41) is 7.29. The first-order valence-electron chi connectivity index (χ1n) is 13.3. The highest BCUT2D eigenvalue weighted by Crippen LogP contribution is 2.33. The summed E-state index contributed by atoms with van der Waals surface area (Å²) in [7, 11) is 1.63. The normalized spacial score (nSPS) is 17.2. The SMILES string of the molecule is COc1cccc(-c2cn(C3CCN(c4cc(C(=O)N5Cc6cn[nH]c6C(C)(C)C5)ccn4)CC3)c(=O)[nH]2)c1. The van der Waals surface area contributed by atoms with Gasteiger partial charge in [-0.3, -0.25) is 14.5 Å². The van der Waals surface area contributed by atoms with E-state index in [0.717, 1.165) is 60.0 Å². The second kappa shape index (κ2) is 9.76. The largest absolute Gasteiger partial charge is 0.497 e. The molecule has 10 nitrogen and oxygen atoms in total. The van der Waals surface area contributed by atoms with Crippen LogP contribution >= 0.6 is 0 Å². The van der Waals surface area contributed by atoms with E-state index in [4.69, 9.17) is 4.74 Å². The Labute approximate surface area is 226 Å². The number of anilines is 1. The fourth-order valence-electron chi connectivity index (χ4n) is 5.88. The minimum absolute atomic E-state index is 0.00240. The topological polar surface area (TPSA) is 112 Å². The van der Waals surface area contributed by atoms with E-state index < -0.39 is 0 Å². The van der Waals surface area contributed by atoms with Crippen LogP contribution in [0.25, 0.3) is 11.3 Å². The smallest absolute Gasteiger partial charge is 0.326 e. The Bertz CT molecular complexity index is 1560. The van der Waals surface area contributed by atoms with Gasteiger partial charge in [0.1, 0.15) is 11.6 Å². The number of ether oxygens (including phenoxy) is 1. The van der Waals surface area contributed by atoms with Crippen LogP contribution in [0.2, 0.25) is 0 Å². The maximum Gasteiger partial charge on any atom is 0.326 e. The number of carbonyl (C=O) groups is 1. The van der Waals surface area contributed by atoms with E-state index in [1.54, 1.807) is 19.4 Å². The van der Waals surface area contributed by atoms with Crippen molar-refractivity contribution in [2.24, 2.45) is 0 Å². The first-order chi connectivity index (χ1) is 18.8. The minimum atomic E-state index is -0.194. The number of rotatable bonds is 5. The van der Waals surface area contributed by atoms with Crippen molar-refractivity contribution in [3.8, 4) is 17.0 Å². The first-order valence-corrected chi connectivity index (χ1v) is 13.3. The van der Waals surface area contributed by atoms with Crippen LogP contribution in [0.15, 0.2) is 59.8 Å². The number of hydrogen-bond acceptors (Lipinski definition) is 6.